The van der Waals surface area contributed by atoms with Gasteiger partial charge in [-0.15, -0.1) is 0 Å². The first-order valence-corrected chi connectivity index (χ1v) is 12.7. The first-order chi connectivity index (χ1) is 14.4. The molecule has 0 aromatic heterocycles. The minimum absolute atomic E-state index is 0. The molecular weight excluding hydrogens is 399 g/mol. The average molecular weight is 450 g/mol. The van der Waals surface area contributed by atoms with Gasteiger partial charge in [0.1, 0.15) is 0 Å². The Labute approximate surface area is 215 Å². The van der Waals surface area contributed by atoms with E-state index < -0.39 is 0 Å². The van der Waals surface area contributed by atoms with Gasteiger partial charge in [-0.3, -0.25) is 9.59 Å². The van der Waals surface area contributed by atoms with Crippen molar-refractivity contribution in [3.8, 4) is 0 Å². The van der Waals surface area contributed by atoms with Gasteiger partial charge in [0.15, 0.2) is 0 Å². The van der Waals surface area contributed by atoms with E-state index in [1.54, 1.807) is 0 Å². The van der Waals surface area contributed by atoms with E-state index in [4.69, 9.17) is 9.47 Å². The van der Waals surface area contributed by atoms with E-state index in [0.717, 1.165) is 76.0 Å². The summed E-state index contributed by atoms with van der Waals surface area (Å²) >= 11 is 0. The maximum Gasteiger partial charge on any atom is 0.305 e. The second-order valence-electron chi connectivity index (χ2n) is 9.55. The molecule has 0 spiro atoms. The zero-order valence-electron chi connectivity index (χ0n) is 21.5. The molecule has 0 saturated heterocycles. The van der Waals surface area contributed by atoms with Crippen LogP contribution in [0.3, 0.4) is 0 Å². The minimum Gasteiger partial charge on any atom is -0.466 e. The van der Waals surface area contributed by atoms with Gasteiger partial charge in [0.25, 0.3) is 0 Å². The predicted octanol–water partition coefficient (Wildman–Crippen LogP) is 7.25. The quantitative estimate of drug-likeness (QED) is 0.105. The molecule has 1 radical (unpaired) electrons. The van der Waals surface area contributed by atoms with Gasteiger partial charge in [-0.2, -0.15) is 0 Å². The topological polar surface area (TPSA) is 52.6 Å². The monoisotopic (exact) mass is 449 g/mol. The van der Waals surface area contributed by atoms with E-state index in [1.807, 2.05) is 0 Å². The zero-order valence-corrected chi connectivity index (χ0v) is 23.5. The summed E-state index contributed by atoms with van der Waals surface area (Å²) in [5.74, 6) is 1.42. The summed E-state index contributed by atoms with van der Waals surface area (Å²) in [4.78, 5) is 23.4. The Balaban J connectivity index is 0. The van der Waals surface area contributed by atoms with Crippen LogP contribution in [0.2, 0.25) is 0 Å². The van der Waals surface area contributed by atoms with Crippen molar-refractivity contribution in [2.24, 2.45) is 11.8 Å². The third-order valence-electron chi connectivity index (χ3n) is 5.39. The third-order valence-corrected chi connectivity index (χ3v) is 5.39. The number of hydrogen-bond donors (Lipinski definition) is 0. The van der Waals surface area contributed by atoms with E-state index in [1.165, 1.54) is 25.7 Å². The molecule has 0 bridgehead atoms. The van der Waals surface area contributed by atoms with Gasteiger partial charge in [-0.1, -0.05) is 91.9 Å². The summed E-state index contributed by atoms with van der Waals surface area (Å²) in [7, 11) is 0. The van der Waals surface area contributed by atoms with Crippen LogP contribution in [0.15, 0.2) is 0 Å². The predicted molar refractivity (Wildman–Crippen MR) is 131 cm³/mol. The van der Waals surface area contributed by atoms with E-state index in [-0.39, 0.29) is 41.5 Å². The fourth-order valence-corrected chi connectivity index (χ4v) is 3.42. The SMILES string of the molecule is CC(C)CCCCCOC(=O)CCCCCCCCC(=O)OCCCCCC(C)C.[Na]. The Morgan fingerprint density at radius 1 is 0.516 bits per heavy atom. The molecule has 0 aliphatic rings. The number of ether oxygens (including phenoxy) is 2. The van der Waals surface area contributed by atoms with Crippen molar-refractivity contribution in [1.29, 1.82) is 0 Å². The number of hydrogen-bond acceptors (Lipinski definition) is 4. The number of carbonyl (C=O) groups excluding carboxylic acids is 2. The molecule has 0 amide bonds. The second kappa shape index (κ2) is 24.6. The van der Waals surface area contributed by atoms with Crippen molar-refractivity contribution in [3.63, 3.8) is 0 Å². The molecule has 0 rings (SSSR count). The van der Waals surface area contributed by atoms with Gasteiger partial charge >= 0.3 is 11.9 Å². The molecule has 4 nitrogen and oxygen atoms in total. The Morgan fingerprint density at radius 2 is 0.839 bits per heavy atom. The molecule has 0 aromatic carbocycles. The van der Waals surface area contributed by atoms with Crippen LogP contribution in [0.5, 0.6) is 0 Å². The van der Waals surface area contributed by atoms with Crippen LogP contribution in [0.4, 0.5) is 0 Å². The van der Waals surface area contributed by atoms with E-state index in [9.17, 15) is 9.59 Å². The van der Waals surface area contributed by atoms with Crippen LogP contribution >= 0.6 is 0 Å². The van der Waals surface area contributed by atoms with Crippen LogP contribution < -0.4 is 0 Å². The summed E-state index contributed by atoms with van der Waals surface area (Å²) in [5, 5.41) is 0. The van der Waals surface area contributed by atoms with Crippen molar-refractivity contribution >= 4 is 41.5 Å². The van der Waals surface area contributed by atoms with Crippen LogP contribution in [0, 0.1) is 11.8 Å². The summed E-state index contributed by atoms with van der Waals surface area (Å²) in [6.45, 7) is 10.1. The summed E-state index contributed by atoms with van der Waals surface area (Å²) in [5.41, 5.74) is 0. The Morgan fingerprint density at radius 3 is 1.19 bits per heavy atom. The Bertz CT molecular complexity index is 372. The minimum atomic E-state index is -0.0502. The average Bonchev–Trinajstić information content (AvgIpc) is 2.68. The van der Waals surface area contributed by atoms with Gasteiger partial charge in [0.05, 0.1) is 13.2 Å². The van der Waals surface area contributed by atoms with Crippen molar-refractivity contribution < 1.29 is 19.1 Å². The maximum atomic E-state index is 11.7. The molecule has 0 aromatic rings. The molecule has 0 heterocycles. The molecule has 0 fully saturated rings. The number of unbranched alkanes of at least 4 members (excludes halogenated alkanes) is 9. The Kier molecular flexibility index (Phi) is 26.3. The smallest absolute Gasteiger partial charge is 0.305 e. The van der Waals surface area contributed by atoms with Crippen molar-refractivity contribution in [1.82, 2.24) is 0 Å². The molecule has 0 atom stereocenters. The van der Waals surface area contributed by atoms with E-state index >= 15 is 0 Å². The molecule has 0 unspecified atom stereocenters. The van der Waals surface area contributed by atoms with Gasteiger partial charge in [0, 0.05) is 42.4 Å². The van der Waals surface area contributed by atoms with Crippen molar-refractivity contribution in [2.75, 3.05) is 13.2 Å². The summed E-state index contributed by atoms with van der Waals surface area (Å²) in [6, 6.07) is 0. The molecule has 31 heavy (non-hydrogen) atoms. The first kappa shape index (κ1) is 33.1. The Hall–Kier alpha value is -0.0600. The summed E-state index contributed by atoms with van der Waals surface area (Å²) < 4.78 is 10.6. The maximum absolute atomic E-state index is 11.7. The van der Waals surface area contributed by atoms with Crippen LogP contribution in [-0.2, 0) is 19.1 Å². The second-order valence-corrected chi connectivity index (χ2v) is 9.55. The number of rotatable bonds is 21. The van der Waals surface area contributed by atoms with Crippen LogP contribution in [0.25, 0.3) is 0 Å². The fourth-order valence-electron chi connectivity index (χ4n) is 3.42. The zero-order chi connectivity index (χ0) is 22.5. The van der Waals surface area contributed by atoms with Crippen molar-refractivity contribution in [2.45, 2.75) is 130 Å². The molecular formula is C26H50NaO4. The van der Waals surface area contributed by atoms with Crippen LogP contribution in [-0.4, -0.2) is 54.7 Å². The van der Waals surface area contributed by atoms with Crippen LogP contribution in [0.1, 0.15) is 130 Å². The number of carbonyl (C=O) groups is 2. The standard InChI is InChI=1S/C26H50O4.Na/c1-23(2)17-11-9-15-21-29-25(27)19-13-7-5-6-8-14-20-26(28)30-22-16-10-12-18-24(3)4;/h23-24H,5-22H2,1-4H3;. The van der Waals surface area contributed by atoms with Gasteiger partial charge in [-0.25, -0.2) is 0 Å². The molecule has 179 valence electrons. The molecule has 0 saturated carbocycles. The van der Waals surface area contributed by atoms with E-state index in [0.29, 0.717) is 26.1 Å². The van der Waals surface area contributed by atoms with E-state index in [2.05, 4.69) is 27.7 Å². The third kappa shape index (κ3) is 27.9. The van der Waals surface area contributed by atoms with Gasteiger partial charge < -0.3 is 9.47 Å². The summed E-state index contributed by atoms with van der Waals surface area (Å²) in [6.07, 6.45) is 16.5. The molecule has 0 N–H and O–H groups in total. The van der Waals surface area contributed by atoms with Gasteiger partial charge in [-0.05, 0) is 37.5 Å². The number of esters is 2. The molecule has 5 heteroatoms. The van der Waals surface area contributed by atoms with Gasteiger partial charge in [0.2, 0.25) is 0 Å². The molecule has 0 aliphatic carbocycles. The first-order valence-electron chi connectivity index (χ1n) is 12.7. The van der Waals surface area contributed by atoms with Crippen molar-refractivity contribution in [3.05, 3.63) is 0 Å². The largest absolute Gasteiger partial charge is 0.466 e. The fraction of sp³-hybridized carbons (Fsp3) is 0.923. The normalized spacial score (nSPS) is 10.9. The molecule has 0 aliphatic heterocycles.